The maximum atomic E-state index is 13.0. The van der Waals surface area contributed by atoms with E-state index in [9.17, 15) is 33.8 Å². The van der Waals surface area contributed by atoms with Crippen LogP contribution < -0.4 is 10.1 Å². The number of non-ortho nitro benzene ring substituents is 1. The largest absolute Gasteiger partial charge is 0.487 e. The molecule has 4 aliphatic carbocycles. The van der Waals surface area contributed by atoms with Gasteiger partial charge in [0.1, 0.15) is 18.6 Å². The highest BCUT2D eigenvalue weighted by atomic mass is 19.3. The van der Waals surface area contributed by atoms with Crippen LogP contribution >= 0.6 is 0 Å². The SMILES string of the molecule is O=C(Nc1cc(OCC(F)F)cc([N+](=O)[O-])c1)c1nn(C23CC4CC(CC(C4)C2)C3)cc1[N+](=O)[O-]. The van der Waals surface area contributed by atoms with Crippen molar-refractivity contribution in [2.75, 3.05) is 11.9 Å². The molecule has 0 unspecified atom stereocenters. The van der Waals surface area contributed by atoms with Crippen molar-refractivity contribution in [3.8, 4) is 5.75 Å². The third kappa shape index (κ3) is 4.42. The molecule has 186 valence electrons. The van der Waals surface area contributed by atoms with Crippen LogP contribution in [0.1, 0.15) is 49.0 Å². The predicted octanol–water partition coefficient (Wildman–Crippen LogP) is 4.52. The number of hydrogen-bond donors (Lipinski definition) is 1. The lowest BCUT2D eigenvalue weighted by Crippen LogP contribution is -2.52. The van der Waals surface area contributed by atoms with Crippen LogP contribution in [0.3, 0.4) is 0 Å². The molecule has 4 aliphatic rings. The van der Waals surface area contributed by atoms with Gasteiger partial charge in [-0.25, -0.2) is 8.78 Å². The number of carbonyl (C=O) groups is 1. The number of rotatable bonds is 8. The first kappa shape index (κ1) is 23.1. The van der Waals surface area contributed by atoms with E-state index in [1.807, 2.05) is 0 Å². The molecule has 1 aromatic carbocycles. The van der Waals surface area contributed by atoms with Gasteiger partial charge in [-0.2, -0.15) is 5.10 Å². The summed E-state index contributed by atoms with van der Waals surface area (Å²) < 4.78 is 31.4. The Labute approximate surface area is 197 Å². The Bertz CT molecular complexity index is 1160. The molecule has 1 amide bonds. The number of nitrogens with one attached hydrogen (secondary N) is 1. The van der Waals surface area contributed by atoms with Gasteiger partial charge < -0.3 is 10.1 Å². The highest BCUT2D eigenvalue weighted by Gasteiger charge is 2.53. The lowest BCUT2D eigenvalue weighted by Gasteiger charge is -2.56. The molecule has 0 aliphatic heterocycles. The van der Waals surface area contributed by atoms with E-state index in [2.05, 4.69) is 10.4 Å². The molecular weight excluding hydrogens is 468 g/mol. The average Bonchev–Trinajstić information content (AvgIpc) is 3.24. The van der Waals surface area contributed by atoms with Gasteiger partial charge in [0.15, 0.2) is 0 Å². The zero-order valence-corrected chi connectivity index (χ0v) is 18.6. The third-order valence-corrected chi connectivity index (χ3v) is 7.33. The van der Waals surface area contributed by atoms with Crippen molar-refractivity contribution in [1.82, 2.24) is 9.78 Å². The molecule has 6 rings (SSSR count). The van der Waals surface area contributed by atoms with E-state index in [1.165, 1.54) is 6.20 Å². The van der Waals surface area contributed by atoms with E-state index in [-0.39, 0.29) is 17.0 Å². The van der Waals surface area contributed by atoms with Crippen molar-refractivity contribution in [2.45, 2.75) is 50.5 Å². The van der Waals surface area contributed by atoms with Crippen molar-refractivity contribution in [2.24, 2.45) is 17.8 Å². The van der Waals surface area contributed by atoms with E-state index in [0.29, 0.717) is 17.8 Å². The molecule has 0 radical (unpaired) electrons. The highest BCUT2D eigenvalue weighted by molar-refractivity contribution is 6.05. The number of nitrogens with zero attached hydrogens (tertiary/aromatic N) is 4. The Kier molecular flexibility index (Phi) is 5.64. The van der Waals surface area contributed by atoms with Crippen LogP contribution in [0.4, 0.5) is 25.8 Å². The van der Waals surface area contributed by atoms with Crippen LogP contribution in [0.15, 0.2) is 24.4 Å². The summed E-state index contributed by atoms with van der Waals surface area (Å²) in [5.41, 5.74) is -1.85. The first-order valence-electron chi connectivity index (χ1n) is 11.4. The molecule has 4 bridgehead atoms. The maximum Gasteiger partial charge on any atom is 0.320 e. The number of hydrogen-bond acceptors (Lipinski definition) is 7. The van der Waals surface area contributed by atoms with E-state index in [1.54, 1.807) is 4.68 Å². The van der Waals surface area contributed by atoms with Gasteiger partial charge in [0.2, 0.25) is 5.69 Å². The molecule has 1 aromatic heterocycles. The summed E-state index contributed by atoms with van der Waals surface area (Å²) in [4.78, 5) is 34.6. The van der Waals surface area contributed by atoms with Crippen LogP contribution in [0.25, 0.3) is 0 Å². The Morgan fingerprint density at radius 2 is 1.74 bits per heavy atom. The maximum absolute atomic E-state index is 13.0. The first-order chi connectivity index (χ1) is 16.6. The average molecular weight is 491 g/mol. The minimum atomic E-state index is -2.80. The van der Waals surface area contributed by atoms with Gasteiger partial charge in [-0.3, -0.25) is 29.7 Å². The monoisotopic (exact) mass is 491 g/mol. The summed E-state index contributed by atoms with van der Waals surface area (Å²) in [5, 5.41) is 29.7. The number of nitro benzene ring substituents is 1. The third-order valence-electron chi connectivity index (χ3n) is 7.33. The number of halogens is 2. The number of carbonyl (C=O) groups excluding carboxylic acids is 1. The van der Waals surface area contributed by atoms with Crippen molar-refractivity contribution in [3.63, 3.8) is 0 Å². The van der Waals surface area contributed by atoms with Crippen molar-refractivity contribution in [1.29, 1.82) is 0 Å². The van der Waals surface area contributed by atoms with Gasteiger partial charge in [-0.1, -0.05) is 0 Å². The summed E-state index contributed by atoms with van der Waals surface area (Å²) in [5.74, 6) is 0.485. The highest BCUT2D eigenvalue weighted by Crippen LogP contribution is 2.58. The van der Waals surface area contributed by atoms with Gasteiger partial charge in [0, 0.05) is 12.1 Å². The number of amides is 1. The molecule has 0 spiro atoms. The molecule has 0 saturated heterocycles. The van der Waals surface area contributed by atoms with E-state index in [4.69, 9.17) is 4.74 Å². The first-order valence-corrected chi connectivity index (χ1v) is 11.4. The van der Waals surface area contributed by atoms with Gasteiger partial charge in [-0.05, 0) is 56.3 Å². The Morgan fingerprint density at radius 1 is 1.11 bits per heavy atom. The summed E-state index contributed by atoms with van der Waals surface area (Å²) >= 11 is 0. The number of benzene rings is 1. The lowest BCUT2D eigenvalue weighted by atomic mass is 9.53. The number of nitro groups is 2. The van der Waals surface area contributed by atoms with Crippen LogP contribution in [0, 0.1) is 38.0 Å². The molecule has 4 saturated carbocycles. The van der Waals surface area contributed by atoms with E-state index in [0.717, 1.165) is 56.7 Å². The number of alkyl halides is 2. The summed E-state index contributed by atoms with van der Waals surface area (Å²) in [7, 11) is 0. The molecule has 1 N–H and O–H groups in total. The van der Waals surface area contributed by atoms with Crippen molar-refractivity contribution in [3.05, 3.63) is 50.3 Å². The molecule has 13 heteroatoms. The fraction of sp³-hybridized carbons (Fsp3) is 0.545. The van der Waals surface area contributed by atoms with Gasteiger partial charge >= 0.3 is 5.69 Å². The Hall–Kier alpha value is -3.64. The second-order valence-electron chi connectivity index (χ2n) is 9.84. The summed E-state index contributed by atoms with van der Waals surface area (Å²) in [6.07, 6.45) is 4.61. The normalized spacial score (nSPS) is 26.7. The number of anilines is 1. The molecular formula is C22H23F2N5O6. The van der Waals surface area contributed by atoms with Crippen molar-refractivity contribution < 1.29 is 28.2 Å². The van der Waals surface area contributed by atoms with Crippen LogP contribution in [0.2, 0.25) is 0 Å². The minimum Gasteiger partial charge on any atom is -0.487 e. The molecule has 11 nitrogen and oxygen atoms in total. The topological polar surface area (TPSA) is 142 Å². The smallest absolute Gasteiger partial charge is 0.320 e. The molecule has 35 heavy (non-hydrogen) atoms. The van der Waals surface area contributed by atoms with Crippen LogP contribution in [-0.2, 0) is 5.54 Å². The zero-order chi connectivity index (χ0) is 24.9. The number of aromatic nitrogens is 2. The standard InChI is InChI=1S/C22H23F2N5O6/c23-19(24)11-35-17-5-15(4-16(6-17)28(31)32)25-21(30)20-18(29(33)34)10-27(26-20)22-7-12-1-13(8-22)3-14(2-12)9-22/h4-6,10,12-14,19H,1-3,7-9,11H2,(H,25,30). The predicted molar refractivity (Wildman–Crippen MR) is 118 cm³/mol. The van der Waals surface area contributed by atoms with E-state index < -0.39 is 45.9 Å². The number of ether oxygens (including phenoxy) is 1. The Morgan fingerprint density at radius 3 is 2.29 bits per heavy atom. The fourth-order valence-electron chi connectivity index (χ4n) is 6.44. The van der Waals surface area contributed by atoms with Crippen LogP contribution in [0.5, 0.6) is 5.75 Å². The summed E-state index contributed by atoms with van der Waals surface area (Å²) in [6, 6.07) is 3.09. The minimum absolute atomic E-state index is 0.132. The van der Waals surface area contributed by atoms with Crippen molar-refractivity contribution >= 4 is 23.0 Å². The second-order valence-corrected chi connectivity index (χ2v) is 9.84. The molecule has 2 aromatic rings. The van der Waals surface area contributed by atoms with E-state index >= 15 is 0 Å². The molecule has 4 fully saturated rings. The van der Waals surface area contributed by atoms with Gasteiger partial charge in [-0.15, -0.1) is 0 Å². The van der Waals surface area contributed by atoms with Gasteiger partial charge in [0.05, 0.1) is 27.1 Å². The zero-order valence-electron chi connectivity index (χ0n) is 18.6. The molecule has 1 heterocycles. The van der Waals surface area contributed by atoms with Gasteiger partial charge in [0.25, 0.3) is 18.0 Å². The molecule has 0 atom stereocenters. The van der Waals surface area contributed by atoms with Crippen LogP contribution in [-0.4, -0.2) is 38.6 Å². The lowest BCUT2D eigenvalue weighted by molar-refractivity contribution is -0.385. The fourth-order valence-corrected chi connectivity index (χ4v) is 6.44. The summed E-state index contributed by atoms with van der Waals surface area (Å²) in [6.45, 7) is -0.991. The Balaban J connectivity index is 1.44. The quantitative estimate of drug-likeness (QED) is 0.422. The second kappa shape index (κ2) is 8.54.